The maximum Gasteiger partial charge on any atom is 0.352 e. The number of rotatable bonds is 3. The van der Waals surface area contributed by atoms with Crippen molar-refractivity contribution in [3.8, 4) is 17.1 Å². The van der Waals surface area contributed by atoms with Crippen molar-refractivity contribution in [3.05, 3.63) is 42.1 Å². The molecule has 5 nitrogen and oxygen atoms in total. The quantitative estimate of drug-likeness (QED) is 0.769. The highest BCUT2D eigenvalue weighted by atomic mass is 16.5. The van der Waals surface area contributed by atoms with Gasteiger partial charge in [-0.05, 0) is 30.3 Å². The van der Waals surface area contributed by atoms with Crippen LogP contribution in [0.3, 0.4) is 0 Å². The van der Waals surface area contributed by atoms with Crippen molar-refractivity contribution in [3.63, 3.8) is 0 Å². The van der Waals surface area contributed by atoms with Gasteiger partial charge in [0.2, 0.25) is 0 Å². The summed E-state index contributed by atoms with van der Waals surface area (Å²) in [5, 5.41) is 9.98. The van der Waals surface area contributed by atoms with E-state index in [-0.39, 0.29) is 5.69 Å². The average Bonchev–Trinajstić information content (AvgIpc) is 3.04. The molecule has 0 unspecified atom stereocenters. The summed E-state index contributed by atoms with van der Waals surface area (Å²) in [6, 6.07) is 11.2. The molecule has 0 fully saturated rings. The molecule has 0 aliphatic heterocycles. The number of hydrogen-bond donors (Lipinski definition) is 2. The lowest BCUT2D eigenvalue weighted by molar-refractivity contribution is 0.0691. The van der Waals surface area contributed by atoms with Crippen LogP contribution < -0.4 is 4.74 Å². The number of benzene rings is 1. The molecule has 2 N–H and O–H groups in total. The van der Waals surface area contributed by atoms with Crippen molar-refractivity contribution in [1.29, 1.82) is 0 Å². The summed E-state index contributed by atoms with van der Waals surface area (Å²) >= 11 is 0. The fourth-order valence-electron chi connectivity index (χ4n) is 2.44. The molecule has 20 heavy (non-hydrogen) atoms. The van der Waals surface area contributed by atoms with E-state index >= 15 is 0 Å². The predicted octanol–water partition coefficient (Wildman–Crippen LogP) is 2.88. The van der Waals surface area contributed by atoms with Gasteiger partial charge < -0.3 is 19.4 Å². The fourth-order valence-corrected chi connectivity index (χ4v) is 2.44. The van der Waals surface area contributed by atoms with Gasteiger partial charge in [0.25, 0.3) is 0 Å². The van der Waals surface area contributed by atoms with E-state index in [9.17, 15) is 4.79 Å². The first-order valence-electron chi connectivity index (χ1n) is 6.17. The number of fused-ring (bicyclic) bond motifs is 1. The third-order valence-electron chi connectivity index (χ3n) is 3.46. The molecule has 3 aromatic rings. The molecule has 2 heterocycles. The Bertz CT molecular complexity index is 799. The molecule has 5 heteroatoms. The Labute approximate surface area is 115 Å². The standard InChI is InChI=1S/C15H14N2O3/c1-17-12-4-3-5-14(20-2)9(12)8-13(17)10-6-7-11(16-10)15(18)19/h3-8,16H,1-2H3,(H,18,19). The number of aryl methyl sites for hydroxylation is 1. The molecule has 0 saturated carbocycles. The van der Waals surface area contributed by atoms with E-state index < -0.39 is 5.97 Å². The SMILES string of the molecule is COc1cccc2c1cc(-c1ccc(C(=O)O)[nH]1)n2C. The van der Waals surface area contributed by atoms with E-state index in [0.29, 0.717) is 0 Å². The molecule has 0 spiro atoms. The van der Waals surface area contributed by atoms with Crippen molar-refractivity contribution in [2.75, 3.05) is 7.11 Å². The van der Waals surface area contributed by atoms with Gasteiger partial charge in [-0.1, -0.05) is 6.07 Å². The van der Waals surface area contributed by atoms with Crippen molar-refractivity contribution >= 4 is 16.9 Å². The van der Waals surface area contributed by atoms with E-state index in [4.69, 9.17) is 9.84 Å². The van der Waals surface area contributed by atoms with Gasteiger partial charge in [0.15, 0.2) is 0 Å². The molecule has 2 aromatic heterocycles. The zero-order valence-corrected chi connectivity index (χ0v) is 11.2. The third-order valence-corrected chi connectivity index (χ3v) is 3.46. The van der Waals surface area contributed by atoms with Crippen LogP contribution in [0.15, 0.2) is 36.4 Å². The van der Waals surface area contributed by atoms with Gasteiger partial charge in [-0.25, -0.2) is 4.79 Å². The van der Waals surface area contributed by atoms with Crippen LogP contribution in [0.5, 0.6) is 5.75 Å². The number of ether oxygens (including phenoxy) is 1. The maximum absolute atomic E-state index is 10.9. The van der Waals surface area contributed by atoms with E-state index in [2.05, 4.69) is 4.98 Å². The monoisotopic (exact) mass is 270 g/mol. The first-order valence-corrected chi connectivity index (χ1v) is 6.17. The number of methoxy groups -OCH3 is 1. The van der Waals surface area contributed by atoms with Crippen LogP contribution in [0, 0.1) is 0 Å². The topological polar surface area (TPSA) is 67.2 Å². The lowest BCUT2D eigenvalue weighted by atomic mass is 10.2. The smallest absolute Gasteiger partial charge is 0.352 e. The van der Waals surface area contributed by atoms with Gasteiger partial charge in [-0.2, -0.15) is 0 Å². The Morgan fingerprint density at radius 1 is 1.30 bits per heavy atom. The molecule has 0 bridgehead atoms. The Morgan fingerprint density at radius 2 is 2.10 bits per heavy atom. The third kappa shape index (κ3) is 1.75. The fraction of sp³-hybridized carbons (Fsp3) is 0.133. The minimum Gasteiger partial charge on any atom is -0.496 e. The second kappa shape index (κ2) is 4.45. The maximum atomic E-state index is 10.9. The molecule has 102 valence electrons. The Kier molecular flexibility index (Phi) is 2.75. The van der Waals surface area contributed by atoms with E-state index in [1.807, 2.05) is 35.9 Å². The predicted molar refractivity (Wildman–Crippen MR) is 76.2 cm³/mol. The Balaban J connectivity index is 2.20. The largest absolute Gasteiger partial charge is 0.496 e. The Hall–Kier alpha value is -2.69. The molecular weight excluding hydrogens is 256 g/mol. The number of nitrogens with zero attached hydrogens (tertiary/aromatic N) is 1. The second-order valence-corrected chi connectivity index (χ2v) is 4.57. The molecule has 0 aliphatic carbocycles. The van der Waals surface area contributed by atoms with Crippen LogP contribution in [0.2, 0.25) is 0 Å². The number of carboxylic acids is 1. The lowest BCUT2D eigenvalue weighted by Crippen LogP contribution is -1.96. The number of carbonyl (C=O) groups is 1. The van der Waals surface area contributed by atoms with Gasteiger partial charge in [-0.15, -0.1) is 0 Å². The summed E-state index contributed by atoms with van der Waals surface area (Å²) in [5.74, 6) is -0.165. The number of nitrogens with one attached hydrogen (secondary N) is 1. The normalized spacial score (nSPS) is 10.9. The number of carboxylic acid groups (broad SMARTS) is 1. The molecule has 3 rings (SSSR count). The highest BCUT2D eigenvalue weighted by Gasteiger charge is 2.13. The van der Waals surface area contributed by atoms with Crippen LogP contribution in [0.1, 0.15) is 10.5 Å². The summed E-state index contributed by atoms with van der Waals surface area (Å²) in [5.41, 5.74) is 2.89. The summed E-state index contributed by atoms with van der Waals surface area (Å²) in [7, 11) is 3.58. The van der Waals surface area contributed by atoms with Crippen LogP contribution in [-0.4, -0.2) is 27.7 Å². The van der Waals surface area contributed by atoms with Gasteiger partial charge in [-0.3, -0.25) is 0 Å². The van der Waals surface area contributed by atoms with Crippen molar-refractivity contribution in [1.82, 2.24) is 9.55 Å². The van der Waals surface area contributed by atoms with Crippen molar-refractivity contribution in [2.45, 2.75) is 0 Å². The zero-order chi connectivity index (χ0) is 14.3. The first-order chi connectivity index (χ1) is 9.61. The van der Waals surface area contributed by atoms with E-state index in [1.165, 1.54) is 0 Å². The molecule has 1 aromatic carbocycles. The minimum absolute atomic E-state index is 0.178. The Morgan fingerprint density at radius 3 is 2.75 bits per heavy atom. The van der Waals surface area contributed by atoms with Crippen LogP contribution in [-0.2, 0) is 7.05 Å². The number of H-pyrrole nitrogens is 1. The zero-order valence-electron chi connectivity index (χ0n) is 11.2. The summed E-state index contributed by atoms with van der Waals surface area (Å²) < 4.78 is 7.37. The average molecular weight is 270 g/mol. The highest BCUT2D eigenvalue weighted by Crippen LogP contribution is 2.32. The van der Waals surface area contributed by atoms with E-state index in [0.717, 1.165) is 28.0 Å². The summed E-state index contributed by atoms with van der Waals surface area (Å²) in [6.45, 7) is 0. The number of aromatic nitrogens is 2. The second-order valence-electron chi connectivity index (χ2n) is 4.57. The molecule has 0 amide bonds. The number of aromatic amines is 1. The first kappa shape index (κ1) is 12.3. The summed E-state index contributed by atoms with van der Waals surface area (Å²) in [4.78, 5) is 13.9. The van der Waals surface area contributed by atoms with Gasteiger partial charge in [0.05, 0.1) is 24.0 Å². The van der Waals surface area contributed by atoms with Crippen LogP contribution >= 0.6 is 0 Å². The van der Waals surface area contributed by atoms with Crippen LogP contribution in [0.4, 0.5) is 0 Å². The van der Waals surface area contributed by atoms with Crippen LogP contribution in [0.25, 0.3) is 22.3 Å². The minimum atomic E-state index is -0.965. The molecule has 0 atom stereocenters. The van der Waals surface area contributed by atoms with Gasteiger partial charge in [0.1, 0.15) is 11.4 Å². The highest BCUT2D eigenvalue weighted by molar-refractivity contribution is 5.92. The number of hydrogen-bond acceptors (Lipinski definition) is 2. The molecule has 0 radical (unpaired) electrons. The van der Waals surface area contributed by atoms with Crippen molar-refractivity contribution < 1.29 is 14.6 Å². The van der Waals surface area contributed by atoms with E-state index in [1.54, 1.807) is 19.2 Å². The lowest BCUT2D eigenvalue weighted by Gasteiger charge is -2.03. The summed E-state index contributed by atoms with van der Waals surface area (Å²) in [6.07, 6.45) is 0. The molecule has 0 aliphatic rings. The van der Waals surface area contributed by atoms with Crippen molar-refractivity contribution in [2.24, 2.45) is 7.05 Å². The van der Waals surface area contributed by atoms with Gasteiger partial charge in [0, 0.05) is 12.4 Å². The molecular formula is C15H14N2O3. The number of aromatic carboxylic acids is 1. The van der Waals surface area contributed by atoms with Gasteiger partial charge >= 0.3 is 5.97 Å². The molecule has 0 saturated heterocycles.